The molecule has 0 unspecified atom stereocenters. The van der Waals surface area contributed by atoms with Crippen molar-refractivity contribution < 1.29 is 18.7 Å². The Bertz CT molecular complexity index is 1450. The standard InChI is InChI=1S/C29H27FN4O3S/c1-17-8-11-20(14-18(17)2)31-27(35)16-26-28(36)32-29(38-26)34-25(22-6-4-5-7-23(22)30)15-24(33-34)19-9-12-21(37-3)13-10-19/h4-14,25-26H,15-16H2,1-3H3,(H,31,35)/t25-,26+/m0/s1. The molecule has 0 saturated heterocycles. The van der Waals surface area contributed by atoms with Crippen molar-refractivity contribution in [2.24, 2.45) is 10.1 Å². The maximum absolute atomic E-state index is 14.9. The SMILES string of the molecule is COc1ccc(C2=NN(C3=NC(=O)[C@@H](CC(=O)Nc4ccc(C)c(C)c4)S3)[C@H](c3ccccc3F)C2)cc1. The van der Waals surface area contributed by atoms with Crippen molar-refractivity contribution in [2.75, 3.05) is 12.4 Å². The van der Waals surface area contributed by atoms with Gasteiger partial charge in [-0.25, -0.2) is 9.40 Å². The van der Waals surface area contributed by atoms with Crippen molar-refractivity contribution in [3.63, 3.8) is 0 Å². The van der Waals surface area contributed by atoms with Crippen molar-refractivity contribution >= 4 is 40.1 Å². The van der Waals surface area contributed by atoms with Gasteiger partial charge in [-0.15, -0.1) is 0 Å². The lowest BCUT2D eigenvalue weighted by atomic mass is 9.98. The minimum Gasteiger partial charge on any atom is -0.497 e. The van der Waals surface area contributed by atoms with Crippen LogP contribution in [0, 0.1) is 19.7 Å². The number of methoxy groups -OCH3 is 1. The van der Waals surface area contributed by atoms with Crippen LogP contribution in [0.5, 0.6) is 5.75 Å². The Morgan fingerprint density at radius 1 is 1.11 bits per heavy atom. The van der Waals surface area contributed by atoms with Gasteiger partial charge in [-0.1, -0.05) is 36.0 Å². The summed E-state index contributed by atoms with van der Waals surface area (Å²) in [5.41, 5.74) is 4.96. The highest BCUT2D eigenvalue weighted by Gasteiger charge is 2.39. The van der Waals surface area contributed by atoms with Crippen molar-refractivity contribution in [3.8, 4) is 5.75 Å². The van der Waals surface area contributed by atoms with E-state index < -0.39 is 17.2 Å². The second-order valence-corrected chi connectivity index (χ2v) is 10.4. The predicted molar refractivity (Wildman–Crippen MR) is 148 cm³/mol. The molecular weight excluding hydrogens is 503 g/mol. The molecule has 1 N–H and O–H groups in total. The summed E-state index contributed by atoms with van der Waals surface area (Å²) in [7, 11) is 1.60. The zero-order valence-electron chi connectivity index (χ0n) is 21.3. The molecule has 2 amide bonds. The minimum atomic E-state index is -0.682. The normalized spacial score (nSPS) is 18.8. The third-order valence-electron chi connectivity index (χ3n) is 6.68. The van der Waals surface area contributed by atoms with Crippen LogP contribution in [0.15, 0.2) is 76.8 Å². The van der Waals surface area contributed by atoms with Crippen molar-refractivity contribution in [2.45, 2.75) is 38.0 Å². The number of hydrazone groups is 1. The van der Waals surface area contributed by atoms with E-state index in [2.05, 4.69) is 10.3 Å². The van der Waals surface area contributed by atoms with Gasteiger partial charge in [0.1, 0.15) is 16.8 Å². The predicted octanol–water partition coefficient (Wildman–Crippen LogP) is 5.63. The molecule has 0 aromatic heterocycles. The van der Waals surface area contributed by atoms with Gasteiger partial charge in [0.15, 0.2) is 5.17 Å². The molecule has 194 valence electrons. The average Bonchev–Trinajstić information content (AvgIpc) is 3.50. The van der Waals surface area contributed by atoms with Crippen LogP contribution >= 0.6 is 11.8 Å². The highest BCUT2D eigenvalue weighted by atomic mass is 32.2. The number of amides is 2. The molecular formula is C29H27FN4O3S. The van der Waals surface area contributed by atoms with Gasteiger partial charge in [0.25, 0.3) is 5.91 Å². The number of nitrogens with zero attached hydrogens (tertiary/aromatic N) is 3. The first-order valence-corrected chi connectivity index (χ1v) is 13.1. The second kappa shape index (κ2) is 10.8. The molecule has 0 spiro atoms. The van der Waals surface area contributed by atoms with E-state index in [9.17, 15) is 14.0 Å². The summed E-state index contributed by atoms with van der Waals surface area (Å²) in [6.45, 7) is 3.98. The number of aryl methyl sites for hydroxylation is 2. The molecule has 5 rings (SSSR count). The number of benzene rings is 3. The van der Waals surface area contributed by atoms with E-state index in [0.29, 0.717) is 22.8 Å². The molecule has 7 nitrogen and oxygen atoms in total. The van der Waals surface area contributed by atoms with E-state index in [-0.39, 0.29) is 18.1 Å². The van der Waals surface area contributed by atoms with Crippen LogP contribution in [0.3, 0.4) is 0 Å². The third-order valence-corrected chi connectivity index (χ3v) is 7.83. The molecule has 2 atom stereocenters. The summed E-state index contributed by atoms with van der Waals surface area (Å²) in [4.78, 5) is 29.8. The molecule has 2 aliphatic heterocycles. The number of anilines is 1. The summed E-state index contributed by atoms with van der Waals surface area (Å²) < 4.78 is 20.1. The number of nitrogens with one attached hydrogen (secondary N) is 1. The smallest absolute Gasteiger partial charge is 0.262 e. The van der Waals surface area contributed by atoms with Gasteiger partial charge >= 0.3 is 0 Å². The first-order valence-electron chi connectivity index (χ1n) is 12.2. The fourth-order valence-electron chi connectivity index (χ4n) is 4.44. The molecule has 9 heteroatoms. The van der Waals surface area contributed by atoms with Crippen LogP contribution in [0.25, 0.3) is 0 Å². The Kier molecular flexibility index (Phi) is 7.28. The number of ether oxygens (including phenoxy) is 1. The van der Waals surface area contributed by atoms with Crippen LogP contribution in [-0.2, 0) is 9.59 Å². The van der Waals surface area contributed by atoms with Crippen LogP contribution in [-0.4, -0.2) is 40.1 Å². The Morgan fingerprint density at radius 3 is 2.58 bits per heavy atom. The molecule has 0 saturated carbocycles. The number of carbonyl (C=O) groups excluding carboxylic acids is 2. The Labute approximate surface area is 224 Å². The van der Waals surface area contributed by atoms with E-state index in [1.807, 2.05) is 56.3 Å². The van der Waals surface area contributed by atoms with Crippen LogP contribution in [0.4, 0.5) is 10.1 Å². The molecule has 0 aliphatic carbocycles. The zero-order valence-corrected chi connectivity index (χ0v) is 22.1. The number of hydrogen-bond acceptors (Lipinski definition) is 6. The second-order valence-electron chi connectivity index (χ2n) is 9.25. The third kappa shape index (κ3) is 5.33. The Hall–Kier alpha value is -3.98. The van der Waals surface area contributed by atoms with Crippen LogP contribution in [0.2, 0.25) is 0 Å². The molecule has 3 aromatic rings. The molecule has 2 heterocycles. The van der Waals surface area contributed by atoms with Crippen LogP contribution in [0.1, 0.15) is 41.1 Å². The number of halogens is 1. The van der Waals surface area contributed by atoms with E-state index in [1.54, 1.807) is 30.3 Å². The van der Waals surface area contributed by atoms with Crippen LogP contribution < -0.4 is 10.1 Å². The maximum Gasteiger partial charge on any atom is 0.262 e. The first-order chi connectivity index (χ1) is 18.3. The molecule has 3 aromatic carbocycles. The lowest BCUT2D eigenvalue weighted by molar-refractivity contribution is -0.121. The summed E-state index contributed by atoms with van der Waals surface area (Å²) in [5.74, 6) is -0.309. The van der Waals surface area contributed by atoms with Gasteiger partial charge in [-0.2, -0.15) is 10.1 Å². The number of amidine groups is 1. The van der Waals surface area contributed by atoms with E-state index in [0.717, 1.165) is 28.2 Å². The van der Waals surface area contributed by atoms with Crippen molar-refractivity contribution in [1.29, 1.82) is 0 Å². The Morgan fingerprint density at radius 2 is 1.87 bits per heavy atom. The lowest BCUT2D eigenvalue weighted by Crippen LogP contribution is -2.25. The number of hydrogen-bond donors (Lipinski definition) is 1. The van der Waals surface area contributed by atoms with Gasteiger partial charge in [-0.05, 0) is 73.0 Å². The molecule has 38 heavy (non-hydrogen) atoms. The molecule has 0 bridgehead atoms. The topological polar surface area (TPSA) is 83.4 Å². The summed E-state index contributed by atoms with van der Waals surface area (Å²) >= 11 is 1.18. The maximum atomic E-state index is 14.9. The van der Waals surface area contributed by atoms with Gasteiger partial charge in [-0.3, -0.25) is 9.59 Å². The summed E-state index contributed by atoms with van der Waals surface area (Å²) in [6, 6.07) is 19.2. The van der Waals surface area contributed by atoms with E-state index >= 15 is 0 Å². The number of thioether (sulfide) groups is 1. The zero-order chi connectivity index (χ0) is 26.8. The van der Waals surface area contributed by atoms with E-state index in [1.165, 1.54) is 17.8 Å². The highest BCUT2D eigenvalue weighted by molar-refractivity contribution is 8.15. The largest absolute Gasteiger partial charge is 0.497 e. The Balaban J connectivity index is 1.35. The number of carbonyl (C=O) groups is 2. The quantitative estimate of drug-likeness (QED) is 0.447. The molecule has 0 fully saturated rings. The highest BCUT2D eigenvalue weighted by Crippen LogP contribution is 2.39. The number of rotatable bonds is 6. The van der Waals surface area contributed by atoms with E-state index in [4.69, 9.17) is 9.84 Å². The number of aliphatic imine (C=N–C) groups is 1. The molecule has 0 radical (unpaired) electrons. The first kappa shape index (κ1) is 25.7. The minimum absolute atomic E-state index is 0.0311. The van der Waals surface area contributed by atoms with Gasteiger partial charge in [0.2, 0.25) is 5.91 Å². The summed E-state index contributed by atoms with van der Waals surface area (Å²) in [6.07, 6.45) is 0.398. The van der Waals surface area contributed by atoms with Crippen molar-refractivity contribution in [3.05, 3.63) is 94.8 Å². The molecule has 2 aliphatic rings. The summed E-state index contributed by atoms with van der Waals surface area (Å²) in [5, 5.41) is 8.92. The fraction of sp³-hybridized carbons (Fsp3) is 0.241. The monoisotopic (exact) mass is 530 g/mol. The average molecular weight is 531 g/mol. The van der Waals surface area contributed by atoms with Crippen molar-refractivity contribution in [1.82, 2.24) is 5.01 Å². The van der Waals surface area contributed by atoms with Gasteiger partial charge in [0, 0.05) is 24.1 Å². The van der Waals surface area contributed by atoms with Gasteiger partial charge in [0.05, 0.1) is 18.9 Å². The van der Waals surface area contributed by atoms with Gasteiger partial charge < -0.3 is 10.1 Å². The fourth-order valence-corrected chi connectivity index (χ4v) is 5.50. The lowest BCUT2D eigenvalue weighted by Gasteiger charge is -2.23.